The van der Waals surface area contributed by atoms with Crippen molar-refractivity contribution < 1.29 is 0 Å². The zero-order valence-corrected chi connectivity index (χ0v) is 6.34. The van der Waals surface area contributed by atoms with Crippen LogP contribution in [0.1, 0.15) is 32.1 Å². The molecular weight excluding hydrogens is 122 g/mol. The zero-order chi connectivity index (χ0) is 6.55. The van der Waals surface area contributed by atoms with E-state index in [1.165, 1.54) is 32.1 Å². The topological polar surface area (TPSA) is 21.9 Å². The van der Waals surface area contributed by atoms with Gasteiger partial charge in [0.2, 0.25) is 0 Å². The van der Waals surface area contributed by atoms with Crippen molar-refractivity contribution in [2.75, 3.05) is 0 Å². The van der Waals surface area contributed by atoms with Gasteiger partial charge in [0.25, 0.3) is 0 Å². The fraction of sp³-hybridized carbons (Fsp3) is 1.00. The van der Waals surface area contributed by atoms with Gasteiger partial charge in [-0.1, -0.05) is 19.3 Å². The summed E-state index contributed by atoms with van der Waals surface area (Å²) >= 11 is 0. The van der Waals surface area contributed by atoms with Gasteiger partial charge >= 0.3 is 0 Å². The Morgan fingerprint density at radius 3 is 2.10 bits per heavy atom. The molecule has 1 heterocycles. The highest BCUT2D eigenvalue weighted by Gasteiger charge is 2.47. The van der Waals surface area contributed by atoms with Crippen LogP contribution in [0.2, 0.25) is 0 Å². The summed E-state index contributed by atoms with van der Waals surface area (Å²) in [6.07, 6.45) is 7.62. The largest absolute Gasteiger partial charge is 0.308 e. The molecule has 3 rings (SSSR count). The second kappa shape index (κ2) is 1.76. The molecule has 3 fully saturated rings. The lowest BCUT2D eigenvalue weighted by Crippen LogP contribution is -2.19. The predicted octanol–water partition coefficient (Wildman–Crippen LogP) is 1.54. The van der Waals surface area contributed by atoms with Gasteiger partial charge in [-0.3, -0.25) is 0 Å². The Morgan fingerprint density at radius 2 is 1.50 bits per heavy atom. The van der Waals surface area contributed by atoms with E-state index in [0.717, 1.165) is 23.9 Å². The van der Waals surface area contributed by atoms with E-state index in [1.54, 1.807) is 0 Å². The first-order chi connectivity index (χ1) is 4.93. The number of fused-ring (bicyclic) bond motifs is 2. The first-order valence-corrected chi connectivity index (χ1v) is 4.69. The fourth-order valence-corrected chi connectivity index (χ4v) is 3.07. The van der Waals surface area contributed by atoms with Gasteiger partial charge in [-0.15, -0.1) is 0 Å². The van der Waals surface area contributed by atoms with Gasteiger partial charge in [0.05, 0.1) is 0 Å². The van der Waals surface area contributed by atoms with Crippen molar-refractivity contribution >= 4 is 0 Å². The molecule has 2 saturated carbocycles. The smallest absolute Gasteiger partial charge is 0.0227 e. The van der Waals surface area contributed by atoms with E-state index in [1.807, 2.05) is 0 Å². The summed E-state index contributed by atoms with van der Waals surface area (Å²) in [5.74, 6) is 2.24. The van der Waals surface area contributed by atoms with Gasteiger partial charge in [-0.25, -0.2) is 0 Å². The lowest BCUT2D eigenvalue weighted by Gasteiger charge is -2.22. The van der Waals surface area contributed by atoms with Gasteiger partial charge in [0.1, 0.15) is 0 Å². The Morgan fingerprint density at radius 1 is 0.900 bits per heavy atom. The van der Waals surface area contributed by atoms with Crippen molar-refractivity contribution in [2.45, 2.75) is 44.2 Å². The third kappa shape index (κ3) is 0.672. The Bertz CT molecular complexity index is 139. The Balaban J connectivity index is 1.78. The van der Waals surface area contributed by atoms with Gasteiger partial charge in [0, 0.05) is 12.1 Å². The summed E-state index contributed by atoms with van der Waals surface area (Å²) in [6.45, 7) is 0. The molecule has 1 nitrogen and oxygen atoms in total. The van der Waals surface area contributed by atoms with E-state index < -0.39 is 0 Å². The van der Waals surface area contributed by atoms with E-state index >= 15 is 0 Å². The van der Waals surface area contributed by atoms with Crippen molar-refractivity contribution in [2.24, 2.45) is 11.8 Å². The minimum Gasteiger partial charge on any atom is -0.308 e. The normalized spacial score (nSPS) is 57.6. The summed E-state index contributed by atoms with van der Waals surface area (Å²) in [4.78, 5) is 0. The fourth-order valence-electron chi connectivity index (χ4n) is 3.07. The lowest BCUT2D eigenvalue weighted by atomic mass is 9.82. The van der Waals surface area contributed by atoms with E-state index in [9.17, 15) is 0 Å². The molecule has 0 aromatic rings. The van der Waals surface area contributed by atoms with Gasteiger partial charge < -0.3 is 5.32 Å². The van der Waals surface area contributed by atoms with Crippen LogP contribution >= 0.6 is 0 Å². The zero-order valence-electron chi connectivity index (χ0n) is 6.34. The molecule has 0 spiro atoms. The first kappa shape index (κ1) is 5.59. The molecule has 3 aliphatic rings. The van der Waals surface area contributed by atoms with Gasteiger partial charge in [0.15, 0.2) is 0 Å². The minimum absolute atomic E-state index is 0.958. The van der Waals surface area contributed by atoms with Crippen LogP contribution in [0.5, 0.6) is 0 Å². The SMILES string of the molecule is C1C[C@H]2C[C@@H]3N[C@@H]3C[C@@H]2C1. The molecule has 2 aliphatic carbocycles. The maximum absolute atomic E-state index is 3.56. The summed E-state index contributed by atoms with van der Waals surface area (Å²) in [5, 5.41) is 3.56. The Labute approximate surface area is 62.2 Å². The molecule has 0 unspecified atom stereocenters. The molecule has 0 aromatic carbocycles. The predicted molar refractivity (Wildman–Crippen MR) is 40.8 cm³/mol. The molecule has 0 radical (unpaired) electrons. The van der Waals surface area contributed by atoms with Crippen LogP contribution in [-0.2, 0) is 0 Å². The summed E-state index contributed by atoms with van der Waals surface area (Å²) in [6, 6.07) is 1.92. The third-order valence-corrected chi connectivity index (χ3v) is 3.73. The number of hydrogen-bond donors (Lipinski definition) is 1. The summed E-state index contributed by atoms with van der Waals surface area (Å²) in [5.41, 5.74) is 0. The van der Waals surface area contributed by atoms with E-state index in [4.69, 9.17) is 0 Å². The average Bonchev–Trinajstić information content (AvgIpc) is 2.52. The standard InChI is InChI=1S/C9H15N/c1-2-6-4-8-9(10-8)5-7(6)3-1/h6-10H,1-5H2/t6-,7-,8-,9+/m0/s1. The highest BCUT2D eigenvalue weighted by Crippen LogP contribution is 2.46. The van der Waals surface area contributed by atoms with E-state index in [-0.39, 0.29) is 0 Å². The minimum atomic E-state index is 0.958. The Hall–Kier alpha value is -0.0400. The molecule has 1 aliphatic heterocycles. The molecule has 10 heavy (non-hydrogen) atoms. The Kier molecular flexibility index (Phi) is 0.984. The van der Waals surface area contributed by atoms with Crippen LogP contribution in [0.4, 0.5) is 0 Å². The van der Waals surface area contributed by atoms with Gasteiger partial charge in [-0.05, 0) is 24.7 Å². The van der Waals surface area contributed by atoms with E-state index in [0.29, 0.717) is 0 Å². The van der Waals surface area contributed by atoms with Crippen LogP contribution in [0.3, 0.4) is 0 Å². The van der Waals surface area contributed by atoms with Crippen molar-refractivity contribution in [3.8, 4) is 0 Å². The number of nitrogens with one attached hydrogen (secondary N) is 1. The second-order valence-corrected chi connectivity index (χ2v) is 4.30. The van der Waals surface area contributed by atoms with Crippen LogP contribution < -0.4 is 5.32 Å². The first-order valence-electron chi connectivity index (χ1n) is 4.69. The molecule has 0 aromatic heterocycles. The van der Waals surface area contributed by atoms with Crippen molar-refractivity contribution in [1.29, 1.82) is 0 Å². The lowest BCUT2D eigenvalue weighted by molar-refractivity contribution is 0.309. The molecule has 1 saturated heterocycles. The van der Waals surface area contributed by atoms with E-state index in [2.05, 4.69) is 5.32 Å². The number of hydrogen-bond acceptors (Lipinski definition) is 1. The third-order valence-electron chi connectivity index (χ3n) is 3.73. The molecule has 56 valence electrons. The van der Waals surface area contributed by atoms with Crippen molar-refractivity contribution in [3.05, 3.63) is 0 Å². The summed E-state index contributed by atoms with van der Waals surface area (Å²) < 4.78 is 0. The molecule has 1 N–H and O–H groups in total. The van der Waals surface area contributed by atoms with Crippen LogP contribution in [-0.4, -0.2) is 12.1 Å². The number of rotatable bonds is 0. The average molecular weight is 137 g/mol. The molecular formula is C9H15N. The second-order valence-electron chi connectivity index (χ2n) is 4.30. The van der Waals surface area contributed by atoms with Crippen LogP contribution in [0, 0.1) is 11.8 Å². The highest BCUT2D eigenvalue weighted by atomic mass is 15.2. The van der Waals surface area contributed by atoms with Crippen molar-refractivity contribution in [3.63, 3.8) is 0 Å². The molecule has 0 bridgehead atoms. The quantitative estimate of drug-likeness (QED) is 0.502. The maximum atomic E-state index is 3.56. The molecule has 4 atom stereocenters. The molecule has 1 heteroatoms. The van der Waals surface area contributed by atoms with Crippen LogP contribution in [0.15, 0.2) is 0 Å². The summed E-state index contributed by atoms with van der Waals surface area (Å²) in [7, 11) is 0. The van der Waals surface area contributed by atoms with Gasteiger partial charge in [-0.2, -0.15) is 0 Å². The van der Waals surface area contributed by atoms with Crippen LogP contribution in [0.25, 0.3) is 0 Å². The monoisotopic (exact) mass is 137 g/mol. The molecule has 0 amide bonds. The maximum Gasteiger partial charge on any atom is 0.0227 e. The van der Waals surface area contributed by atoms with Crippen molar-refractivity contribution in [1.82, 2.24) is 5.32 Å². The highest BCUT2D eigenvalue weighted by molar-refractivity contribution is 5.06.